The number of aromatic nitrogens is 2. The number of H-pyrrole nitrogens is 1. The Morgan fingerprint density at radius 2 is 1.74 bits per heavy atom. The molecule has 4 nitrogen and oxygen atoms in total. The molecule has 4 rings (SSSR count). The van der Waals surface area contributed by atoms with Crippen molar-refractivity contribution in [1.82, 2.24) is 9.97 Å². The molecule has 3 aromatic rings. The molecule has 0 spiro atoms. The summed E-state index contributed by atoms with van der Waals surface area (Å²) in [6.07, 6.45) is 3.68. The van der Waals surface area contributed by atoms with Crippen LogP contribution in [0.15, 0.2) is 53.5 Å². The molecule has 0 fully saturated rings. The number of aliphatic imine (C=N–C) groups is 1. The molecule has 0 atom stereocenters. The van der Waals surface area contributed by atoms with Crippen molar-refractivity contribution < 1.29 is 5.11 Å². The van der Waals surface area contributed by atoms with E-state index in [2.05, 4.69) is 15.0 Å². The summed E-state index contributed by atoms with van der Waals surface area (Å²) in [5, 5.41) is 10.2. The van der Waals surface area contributed by atoms with Crippen LogP contribution in [0.2, 0.25) is 0 Å². The van der Waals surface area contributed by atoms with Gasteiger partial charge in [-0.25, -0.2) is 0 Å². The lowest BCUT2D eigenvalue weighted by Crippen LogP contribution is -1.85. The summed E-state index contributed by atoms with van der Waals surface area (Å²) in [6.45, 7) is 2.02. The molecule has 0 saturated carbocycles. The molecule has 0 aliphatic carbocycles. The number of hydrogen-bond donors (Lipinski definition) is 2. The Morgan fingerprint density at radius 1 is 1.00 bits per heavy atom. The van der Waals surface area contributed by atoms with Crippen LogP contribution < -0.4 is 0 Å². The van der Waals surface area contributed by atoms with E-state index < -0.39 is 0 Å². The summed E-state index contributed by atoms with van der Waals surface area (Å²) in [6, 6.07) is 15.9. The van der Waals surface area contributed by atoms with Gasteiger partial charge < -0.3 is 10.1 Å². The van der Waals surface area contributed by atoms with E-state index in [9.17, 15) is 5.11 Å². The van der Waals surface area contributed by atoms with Gasteiger partial charge in [0.2, 0.25) is 5.88 Å². The molecule has 0 bridgehead atoms. The molecule has 112 valence electrons. The van der Waals surface area contributed by atoms with Crippen LogP contribution in [0.1, 0.15) is 16.8 Å². The molecular formula is C19H15N3O. The Bertz CT molecular complexity index is 951. The van der Waals surface area contributed by atoms with E-state index in [0.717, 1.165) is 28.0 Å². The minimum atomic E-state index is -0.00599. The molecule has 2 N–H and O–H groups in total. The molecule has 2 aromatic carbocycles. The number of hydrogen-bond acceptors (Lipinski definition) is 3. The molecular weight excluding hydrogens is 286 g/mol. The summed E-state index contributed by atoms with van der Waals surface area (Å²) in [5.41, 5.74) is 5.62. The summed E-state index contributed by atoms with van der Waals surface area (Å²) < 4.78 is 0. The minimum absolute atomic E-state index is 0.00599. The molecule has 1 aliphatic rings. The second kappa shape index (κ2) is 5.25. The minimum Gasteiger partial charge on any atom is -0.492 e. The molecule has 0 radical (unpaired) electrons. The van der Waals surface area contributed by atoms with Crippen LogP contribution >= 0.6 is 0 Å². The van der Waals surface area contributed by atoms with Crippen LogP contribution in [0.3, 0.4) is 0 Å². The predicted octanol–water partition coefficient (Wildman–Crippen LogP) is 4.35. The van der Waals surface area contributed by atoms with E-state index >= 15 is 0 Å². The van der Waals surface area contributed by atoms with E-state index in [1.54, 1.807) is 6.21 Å². The fraction of sp³-hybridized carbons (Fsp3) is 0.0526. The van der Waals surface area contributed by atoms with Crippen LogP contribution in [0.5, 0.6) is 5.88 Å². The number of allylic oxidation sites excluding steroid dienone is 1. The van der Waals surface area contributed by atoms with Crippen LogP contribution in [-0.2, 0) is 0 Å². The number of imidazole rings is 1. The highest BCUT2D eigenvalue weighted by atomic mass is 16.3. The third-order valence-electron chi connectivity index (χ3n) is 3.97. The first-order valence-electron chi connectivity index (χ1n) is 7.42. The number of fused-ring (bicyclic) bond motifs is 1. The smallest absolute Gasteiger partial charge is 0.237 e. The highest BCUT2D eigenvalue weighted by molar-refractivity contribution is 6.21. The van der Waals surface area contributed by atoms with Gasteiger partial charge in [-0.1, -0.05) is 42.5 Å². The molecule has 1 aromatic heterocycles. The molecule has 4 heteroatoms. The Morgan fingerprint density at radius 3 is 2.57 bits per heavy atom. The Labute approximate surface area is 133 Å². The van der Waals surface area contributed by atoms with Gasteiger partial charge in [0, 0.05) is 22.9 Å². The van der Waals surface area contributed by atoms with Crippen LogP contribution in [0.25, 0.3) is 23.0 Å². The van der Waals surface area contributed by atoms with Crippen LogP contribution in [-0.4, -0.2) is 21.3 Å². The van der Waals surface area contributed by atoms with E-state index in [1.165, 1.54) is 0 Å². The largest absolute Gasteiger partial charge is 0.492 e. The number of nitrogens with one attached hydrogen (secondary N) is 1. The van der Waals surface area contributed by atoms with Crippen molar-refractivity contribution in [3.8, 4) is 17.3 Å². The van der Waals surface area contributed by atoms with Crippen molar-refractivity contribution in [1.29, 1.82) is 0 Å². The topological polar surface area (TPSA) is 61.3 Å². The maximum absolute atomic E-state index is 10.2. The summed E-state index contributed by atoms with van der Waals surface area (Å²) in [5.74, 6) is 0.657. The second-order valence-corrected chi connectivity index (χ2v) is 5.51. The summed E-state index contributed by atoms with van der Waals surface area (Å²) >= 11 is 0. The van der Waals surface area contributed by atoms with E-state index in [-0.39, 0.29) is 5.88 Å². The van der Waals surface area contributed by atoms with Gasteiger partial charge in [-0.05, 0) is 24.6 Å². The standard InChI is InChI=1S/C19H15N3O/c1-12-6-2-3-7-14(12)18-21-17(19(23)22-18)10-13-11-20-16-9-5-4-8-15(13)16/h2-11,23H,1H3,(H,21,22)/b13-10+. The van der Waals surface area contributed by atoms with Gasteiger partial charge in [-0.15, -0.1) is 0 Å². The zero-order valence-electron chi connectivity index (χ0n) is 12.6. The van der Waals surface area contributed by atoms with Gasteiger partial charge in [-0.2, -0.15) is 4.98 Å². The van der Waals surface area contributed by atoms with Crippen LogP contribution in [0.4, 0.5) is 5.69 Å². The Kier molecular flexibility index (Phi) is 3.08. The zero-order valence-corrected chi connectivity index (χ0v) is 12.6. The first-order chi connectivity index (χ1) is 11.2. The van der Waals surface area contributed by atoms with Crippen LogP contribution in [0, 0.1) is 6.92 Å². The number of para-hydroxylation sites is 1. The van der Waals surface area contributed by atoms with Gasteiger partial charge in [0.15, 0.2) is 0 Å². The average Bonchev–Trinajstić information content (AvgIpc) is 3.13. The molecule has 23 heavy (non-hydrogen) atoms. The van der Waals surface area contributed by atoms with Gasteiger partial charge in [0.25, 0.3) is 0 Å². The number of aromatic hydroxyl groups is 1. The SMILES string of the molecule is Cc1ccccc1-c1nc(O)c(/C=C2\C=Nc3ccccc32)[nH]1. The normalized spacial score (nSPS) is 14.4. The average molecular weight is 301 g/mol. The van der Waals surface area contributed by atoms with Crippen molar-refractivity contribution in [2.24, 2.45) is 4.99 Å². The van der Waals surface area contributed by atoms with Gasteiger partial charge in [0.05, 0.1) is 5.69 Å². The fourth-order valence-electron chi connectivity index (χ4n) is 2.75. The second-order valence-electron chi connectivity index (χ2n) is 5.51. The van der Waals surface area contributed by atoms with Gasteiger partial charge in [-0.3, -0.25) is 4.99 Å². The third kappa shape index (κ3) is 2.34. The fourth-order valence-corrected chi connectivity index (χ4v) is 2.75. The summed E-state index contributed by atoms with van der Waals surface area (Å²) in [7, 11) is 0. The number of rotatable bonds is 2. The first-order valence-corrected chi connectivity index (χ1v) is 7.42. The first kappa shape index (κ1) is 13.5. The van der Waals surface area contributed by atoms with Gasteiger partial charge in [0.1, 0.15) is 11.5 Å². The van der Waals surface area contributed by atoms with E-state index in [1.807, 2.05) is 61.5 Å². The number of benzene rings is 2. The lowest BCUT2D eigenvalue weighted by Gasteiger charge is -2.00. The van der Waals surface area contributed by atoms with Crippen molar-refractivity contribution in [3.63, 3.8) is 0 Å². The van der Waals surface area contributed by atoms with Gasteiger partial charge >= 0.3 is 0 Å². The van der Waals surface area contributed by atoms with E-state index in [4.69, 9.17) is 0 Å². The van der Waals surface area contributed by atoms with Crippen molar-refractivity contribution in [2.75, 3.05) is 0 Å². The quantitative estimate of drug-likeness (QED) is 0.739. The zero-order chi connectivity index (χ0) is 15.8. The predicted molar refractivity (Wildman–Crippen MR) is 92.9 cm³/mol. The highest BCUT2D eigenvalue weighted by Crippen LogP contribution is 2.33. The van der Waals surface area contributed by atoms with Crippen molar-refractivity contribution in [2.45, 2.75) is 6.92 Å². The number of aromatic amines is 1. The van der Waals surface area contributed by atoms with Crippen molar-refractivity contribution >= 4 is 23.6 Å². The lowest BCUT2D eigenvalue weighted by molar-refractivity contribution is 0.455. The molecule has 0 unspecified atom stereocenters. The number of nitrogens with zero attached hydrogens (tertiary/aromatic N) is 2. The Hall–Kier alpha value is -3.14. The summed E-state index contributed by atoms with van der Waals surface area (Å²) in [4.78, 5) is 11.8. The third-order valence-corrected chi connectivity index (χ3v) is 3.97. The van der Waals surface area contributed by atoms with E-state index in [0.29, 0.717) is 11.5 Å². The maximum Gasteiger partial charge on any atom is 0.237 e. The Balaban J connectivity index is 1.77. The highest BCUT2D eigenvalue weighted by Gasteiger charge is 2.15. The maximum atomic E-state index is 10.2. The molecule has 0 saturated heterocycles. The number of aryl methyl sites for hydroxylation is 1. The molecule has 2 heterocycles. The lowest BCUT2D eigenvalue weighted by atomic mass is 10.1. The molecule has 0 amide bonds. The monoisotopic (exact) mass is 301 g/mol. The molecule has 1 aliphatic heterocycles. The van der Waals surface area contributed by atoms with Crippen molar-refractivity contribution in [3.05, 3.63) is 65.4 Å².